The molecule has 104 valence electrons. The van der Waals surface area contributed by atoms with Crippen molar-refractivity contribution < 1.29 is 15.0 Å². The number of anilines is 1. The number of rotatable bonds is 4. The van der Waals surface area contributed by atoms with E-state index >= 15 is 0 Å². The highest BCUT2D eigenvalue weighted by Gasteiger charge is 2.32. The summed E-state index contributed by atoms with van der Waals surface area (Å²) in [7, 11) is 0. The molecule has 1 aliphatic carbocycles. The van der Waals surface area contributed by atoms with Crippen LogP contribution in [0.3, 0.4) is 0 Å². The van der Waals surface area contributed by atoms with Crippen LogP contribution in [0.2, 0.25) is 0 Å². The molecule has 0 atom stereocenters. The Morgan fingerprint density at radius 3 is 2.68 bits per heavy atom. The quantitative estimate of drug-likeness (QED) is 0.776. The number of aliphatic hydroxyl groups is 1. The van der Waals surface area contributed by atoms with Crippen molar-refractivity contribution in [3.8, 4) is 0 Å². The first-order valence-corrected chi connectivity index (χ1v) is 6.65. The summed E-state index contributed by atoms with van der Waals surface area (Å²) < 4.78 is 0. The molecule has 0 aromatic carbocycles. The van der Waals surface area contributed by atoms with Crippen molar-refractivity contribution in [3.05, 3.63) is 23.5 Å². The third-order valence-corrected chi connectivity index (χ3v) is 3.78. The van der Waals surface area contributed by atoms with Crippen molar-refractivity contribution in [2.24, 2.45) is 0 Å². The van der Waals surface area contributed by atoms with Gasteiger partial charge in [-0.1, -0.05) is 19.3 Å². The molecule has 5 heteroatoms. The van der Waals surface area contributed by atoms with E-state index in [2.05, 4.69) is 10.3 Å². The van der Waals surface area contributed by atoms with Crippen LogP contribution in [0.5, 0.6) is 0 Å². The maximum absolute atomic E-state index is 11.2. The van der Waals surface area contributed by atoms with Gasteiger partial charge >= 0.3 is 5.97 Å². The second-order valence-corrected chi connectivity index (χ2v) is 5.30. The first kappa shape index (κ1) is 13.8. The van der Waals surface area contributed by atoms with E-state index in [4.69, 9.17) is 0 Å². The summed E-state index contributed by atoms with van der Waals surface area (Å²) in [5.41, 5.74) is 1.08. The van der Waals surface area contributed by atoms with Crippen LogP contribution < -0.4 is 5.32 Å². The molecule has 1 fully saturated rings. The molecule has 1 aliphatic rings. The number of aromatic nitrogens is 1. The molecule has 1 heterocycles. The second-order valence-electron chi connectivity index (χ2n) is 5.30. The van der Waals surface area contributed by atoms with Crippen LogP contribution in [0.1, 0.15) is 48.2 Å². The van der Waals surface area contributed by atoms with Crippen molar-refractivity contribution >= 4 is 11.7 Å². The van der Waals surface area contributed by atoms with Crippen LogP contribution in [0, 0.1) is 6.92 Å². The number of hydrogen-bond donors (Lipinski definition) is 3. The first-order chi connectivity index (χ1) is 9.06. The zero-order chi connectivity index (χ0) is 13.9. The molecule has 0 spiro atoms. The second kappa shape index (κ2) is 5.57. The molecular weight excluding hydrogens is 244 g/mol. The predicted octanol–water partition coefficient (Wildman–Crippen LogP) is 2.20. The summed E-state index contributed by atoms with van der Waals surface area (Å²) in [6.45, 7) is 1.84. The zero-order valence-electron chi connectivity index (χ0n) is 11.1. The third kappa shape index (κ3) is 3.04. The fourth-order valence-electron chi connectivity index (χ4n) is 2.67. The fraction of sp³-hybridized carbons (Fsp3) is 0.571. The summed E-state index contributed by atoms with van der Waals surface area (Å²) in [5, 5.41) is 22.1. The maximum Gasteiger partial charge on any atom is 0.339 e. The largest absolute Gasteiger partial charge is 0.478 e. The van der Waals surface area contributed by atoms with Crippen molar-refractivity contribution in [2.75, 3.05) is 11.9 Å². The summed E-state index contributed by atoms with van der Waals surface area (Å²) >= 11 is 0. The molecular formula is C14H20N2O3. The minimum absolute atomic E-state index is 0.0213. The third-order valence-electron chi connectivity index (χ3n) is 3.78. The summed E-state index contributed by atoms with van der Waals surface area (Å²) in [6, 6.07) is 1.73. The van der Waals surface area contributed by atoms with Gasteiger partial charge in [0.25, 0.3) is 0 Å². The van der Waals surface area contributed by atoms with Crippen molar-refractivity contribution in [1.29, 1.82) is 0 Å². The average Bonchev–Trinajstić information content (AvgIpc) is 2.39. The maximum atomic E-state index is 11.2. The summed E-state index contributed by atoms with van der Waals surface area (Å²) in [5.74, 6) is -1.00. The van der Waals surface area contributed by atoms with E-state index in [1.165, 1.54) is 12.6 Å². The molecule has 1 saturated carbocycles. The Morgan fingerprint density at radius 1 is 1.42 bits per heavy atom. The highest BCUT2D eigenvalue weighted by atomic mass is 16.4. The molecule has 3 N–H and O–H groups in total. The van der Waals surface area contributed by atoms with Gasteiger partial charge < -0.3 is 15.5 Å². The van der Waals surface area contributed by atoms with Crippen LogP contribution >= 0.6 is 0 Å². The molecule has 5 nitrogen and oxygen atoms in total. The van der Waals surface area contributed by atoms with Gasteiger partial charge in [0, 0.05) is 11.9 Å². The molecule has 0 bridgehead atoms. The predicted molar refractivity (Wildman–Crippen MR) is 72.5 cm³/mol. The van der Waals surface area contributed by atoms with E-state index < -0.39 is 11.5 Å². The lowest BCUT2D eigenvalue weighted by molar-refractivity contribution is 0.0697. The van der Waals surface area contributed by atoms with Gasteiger partial charge in [-0.2, -0.15) is 0 Å². The van der Waals surface area contributed by atoms with Crippen molar-refractivity contribution in [1.82, 2.24) is 4.98 Å². The lowest BCUT2D eigenvalue weighted by atomic mass is 9.82. The standard InChI is InChI=1S/C14H20N2O3/c1-10-7-12(11(8-15-10)13(18)19)16-14(9-17)5-3-2-4-6-14/h7-8,17H,2-6,9H2,1H3,(H,15,16)(H,18,19). The van der Waals surface area contributed by atoms with E-state index in [1.807, 2.05) is 6.92 Å². The zero-order valence-corrected chi connectivity index (χ0v) is 11.1. The van der Waals surface area contributed by atoms with Gasteiger partial charge in [-0.05, 0) is 25.8 Å². The SMILES string of the molecule is Cc1cc(NC2(CO)CCCCC2)c(C(=O)O)cn1. The van der Waals surface area contributed by atoms with E-state index in [1.54, 1.807) is 6.07 Å². The molecule has 2 rings (SSSR count). The topological polar surface area (TPSA) is 82.5 Å². The van der Waals surface area contributed by atoms with E-state index in [9.17, 15) is 15.0 Å². The van der Waals surface area contributed by atoms with E-state index in [-0.39, 0.29) is 12.2 Å². The Hall–Kier alpha value is -1.62. The smallest absolute Gasteiger partial charge is 0.339 e. The Morgan fingerprint density at radius 2 is 2.11 bits per heavy atom. The van der Waals surface area contributed by atoms with Crippen LogP contribution in [-0.2, 0) is 0 Å². The molecule has 1 aromatic heterocycles. The highest BCUT2D eigenvalue weighted by Crippen LogP contribution is 2.32. The number of aliphatic hydroxyl groups excluding tert-OH is 1. The monoisotopic (exact) mass is 264 g/mol. The van der Waals surface area contributed by atoms with Crippen LogP contribution in [0.25, 0.3) is 0 Å². The van der Waals surface area contributed by atoms with Gasteiger partial charge in [0.05, 0.1) is 17.8 Å². The number of pyridine rings is 1. The van der Waals surface area contributed by atoms with E-state index in [0.29, 0.717) is 5.69 Å². The molecule has 0 radical (unpaired) electrons. The molecule has 0 unspecified atom stereocenters. The fourth-order valence-corrected chi connectivity index (χ4v) is 2.67. The van der Waals surface area contributed by atoms with E-state index in [0.717, 1.165) is 31.4 Å². The number of aromatic carboxylic acids is 1. The Bertz CT molecular complexity index is 468. The normalized spacial score (nSPS) is 18.0. The minimum atomic E-state index is -1.00. The Kier molecular flexibility index (Phi) is 4.04. The Labute approximate surface area is 112 Å². The number of aryl methyl sites for hydroxylation is 1. The van der Waals surface area contributed by atoms with Crippen molar-refractivity contribution in [2.45, 2.75) is 44.6 Å². The molecule has 0 amide bonds. The number of nitrogens with zero attached hydrogens (tertiary/aromatic N) is 1. The molecule has 0 saturated heterocycles. The number of carbonyl (C=O) groups is 1. The highest BCUT2D eigenvalue weighted by molar-refractivity contribution is 5.94. The average molecular weight is 264 g/mol. The lowest BCUT2D eigenvalue weighted by Gasteiger charge is -2.37. The van der Waals surface area contributed by atoms with Crippen LogP contribution in [0.4, 0.5) is 5.69 Å². The van der Waals surface area contributed by atoms with Crippen LogP contribution in [0.15, 0.2) is 12.3 Å². The Balaban J connectivity index is 2.30. The minimum Gasteiger partial charge on any atom is -0.478 e. The molecule has 19 heavy (non-hydrogen) atoms. The summed E-state index contributed by atoms with van der Waals surface area (Å²) in [6.07, 6.45) is 6.38. The van der Waals surface area contributed by atoms with Gasteiger partial charge in [0.15, 0.2) is 0 Å². The van der Waals surface area contributed by atoms with Crippen molar-refractivity contribution in [3.63, 3.8) is 0 Å². The number of carboxylic acid groups (broad SMARTS) is 1. The van der Waals surface area contributed by atoms with Gasteiger partial charge in [0.2, 0.25) is 0 Å². The van der Waals surface area contributed by atoms with Gasteiger partial charge in [-0.25, -0.2) is 4.79 Å². The summed E-state index contributed by atoms with van der Waals surface area (Å²) in [4.78, 5) is 15.2. The molecule has 0 aliphatic heterocycles. The van der Waals surface area contributed by atoms with Gasteiger partial charge in [0.1, 0.15) is 5.56 Å². The molecule has 1 aromatic rings. The first-order valence-electron chi connectivity index (χ1n) is 6.65. The lowest BCUT2D eigenvalue weighted by Crippen LogP contribution is -2.44. The number of nitrogens with one attached hydrogen (secondary N) is 1. The van der Waals surface area contributed by atoms with Gasteiger partial charge in [-0.15, -0.1) is 0 Å². The van der Waals surface area contributed by atoms with Gasteiger partial charge in [-0.3, -0.25) is 4.98 Å². The van der Waals surface area contributed by atoms with Crippen LogP contribution in [-0.4, -0.2) is 33.3 Å². The number of hydrogen-bond acceptors (Lipinski definition) is 4. The number of carboxylic acids is 1.